The molecule has 1 N–H and O–H groups in total. The number of likely N-dealkylation sites (N-methyl/N-ethyl adjacent to an activating group) is 1. The summed E-state index contributed by atoms with van der Waals surface area (Å²) in [6.45, 7) is 2.77. The van der Waals surface area contributed by atoms with Crippen molar-refractivity contribution in [3.63, 3.8) is 0 Å². The summed E-state index contributed by atoms with van der Waals surface area (Å²) < 4.78 is 6.13. The van der Waals surface area contributed by atoms with Gasteiger partial charge in [0.15, 0.2) is 0 Å². The van der Waals surface area contributed by atoms with Crippen molar-refractivity contribution in [2.75, 3.05) is 13.7 Å². The fourth-order valence-corrected chi connectivity index (χ4v) is 3.64. The van der Waals surface area contributed by atoms with Crippen LogP contribution < -0.4 is 5.32 Å². The standard InChI is InChI=1S/C15H21Cl2NO/c1-3-19-15(9-4-5-10-15)14(18-2)11-7-6-8-12(16)13(11)17/h6-8,14,18H,3-5,9-10H2,1-2H3. The molecule has 0 aromatic heterocycles. The summed E-state index contributed by atoms with van der Waals surface area (Å²) in [5.74, 6) is 0. The maximum Gasteiger partial charge on any atom is 0.0876 e. The van der Waals surface area contributed by atoms with E-state index in [1.165, 1.54) is 12.8 Å². The number of hydrogen-bond acceptors (Lipinski definition) is 2. The zero-order valence-corrected chi connectivity index (χ0v) is 13.0. The number of nitrogens with one attached hydrogen (secondary N) is 1. The van der Waals surface area contributed by atoms with E-state index in [0.717, 1.165) is 25.0 Å². The number of ether oxygens (including phenoxy) is 1. The van der Waals surface area contributed by atoms with Crippen LogP contribution in [0.2, 0.25) is 10.0 Å². The first-order chi connectivity index (χ1) is 9.14. The van der Waals surface area contributed by atoms with Crippen LogP contribution in [0.3, 0.4) is 0 Å². The van der Waals surface area contributed by atoms with Gasteiger partial charge in [0, 0.05) is 6.61 Å². The SMILES string of the molecule is CCOC1(C(NC)c2cccc(Cl)c2Cl)CCCC1. The molecule has 0 radical (unpaired) electrons. The van der Waals surface area contributed by atoms with Crippen molar-refractivity contribution in [3.05, 3.63) is 33.8 Å². The fourth-order valence-electron chi connectivity index (χ4n) is 3.22. The molecule has 4 heteroatoms. The molecule has 1 unspecified atom stereocenters. The highest BCUT2D eigenvalue weighted by atomic mass is 35.5. The van der Waals surface area contributed by atoms with Crippen LogP contribution >= 0.6 is 23.2 Å². The molecule has 1 fully saturated rings. The monoisotopic (exact) mass is 301 g/mol. The van der Waals surface area contributed by atoms with Gasteiger partial charge in [-0.25, -0.2) is 0 Å². The Labute approximate surface area is 125 Å². The van der Waals surface area contributed by atoms with Gasteiger partial charge in [0.05, 0.1) is 21.7 Å². The third-order valence-corrected chi connectivity index (χ3v) is 4.82. The van der Waals surface area contributed by atoms with Gasteiger partial charge in [0.25, 0.3) is 0 Å². The predicted octanol–water partition coefficient (Wildman–Crippen LogP) is 4.60. The second-order valence-corrected chi connectivity index (χ2v) is 5.85. The Balaban J connectivity index is 2.40. The van der Waals surface area contributed by atoms with E-state index in [0.29, 0.717) is 10.0 Å². The first kappa shape index (κ1) is 15.1. The lowest BCUT2D eigenvalue weighted by atomic mass is 9.86. The van der Waals surface area contributed by atoms with Crippen LogP contribution in [-0.2, 0) is 4.74 Å². The second kappa shape index (κ2) is 6.45. The molecule has 1 aromatic rings. The first-order valence-electron chi connectivity index (χ1n) is 6.90. The van der Waals surface area contributed by atoms with Gasteiger partial charge in [-0.15, -0.1) is 0 Å². The highest BCUT2D eigenvalue weighted by Crippen LogP contribution is 2.45. The van der Waals surface area contributed by atoms with E-state index in [9.17, 15) is 0 Å². The summed E-state index contributed by atoms with van der Waals surface area (Å²) in [5, 5.41) is 4.62. The minimum atomic E-state index is -0.155. The molecular weight excluding hydrogens is 281 g/mol. The lowest BCUT2D eigenvalue weighted by Crippen LogP contribution is -2.43. The number of halogens is 2. The second-order valence-electron chi connectivity index (χ2n) is 5.07. The Bertz CT molecular complexity index is 430. The van der Waals surface area contributed by atoms with E-state index < -0.39 is 0 Å². The molecular formula is C15H21Cl2NO. The molecule has 0 bridgehead atoms. The maximum atomic E-state index is 6.38. The Morgan fingerprint density at radius 1 is 1.32 bits per heavy atom. The molecule has 1 saturated carbocycles. The Morgan fingerprint density at radius 3 is 2.58 bits per heavy atom. The average Bonchev–Trinajstić information content (AvgIpc) is 2.85. The lowest BCUT2D eigenvalue weighted by molar-refractivity contribution is -0.0610. The molecule has 0 saturated heterocycles. The maximum absolute atomic E-state index is 6.38. The van der Waals surface area contributed by atoms with Crippen molar-refractivity contribution in [1.82, 2.24) is 5.32 Å². The molecule has 1 aromatic carbocycles. The normalized spacial score (nSPS) is 19.6. The molecule has 1 aliphatic carbocycles. The molecule has 19 heavy (non-hydrogen) atoms. The molecule has 1 atom stereocenters. The van der Waals surface area contributed by atoms with Crippen molar-refractivity contribution < 1.29 is 4.74 Å². The zero-order valence-electron chi connectivity index (χ0n) is 11.5. The van der Waals surface area contributed by atoms with E-state index in [2.05, 4.69) is 5.32 Å². The number of benzene rings is 1. The largest absolute Gasteiger partial charge is 0.373 e. The molecule has 1 aliphatic rings. The van der Waals surface area contributed by atoms with E-state index in [-0.39, 0.29) is 11.6 Å². The highest BCUT2D eigenvalue weighted by molar-refractivity contribution is 6.42. The molecule has 0 aliphatic heterocycles. The zero-order chi connectivity index (χ0) is 13.9. The predicted molar refractivity (Wildman–Crippen MR) is 81.1 cm³/mol. The summed E-state index contributed by atoms with van der Waals surface area (Å²) in [4.78, 5) is 0. The van der Waals surface area contributed by atoms with Crippen LogP contribution in [0, 0.1) is 0 Å². The van der Waals surface area contributed by atoms with Crippen LogP contribution in [0.5, 0.6) is 0 Å². The van der Waals surface area contributed by atoms with Crippen molar-refractivity contribution in [2.45, 2.75) is 44.2 Å². The Hall–Kier alpha value is -0.280. The van der Waals surface area contributed by atoms with Gasteiger partial charge in [-0.1, -0.05) is 48.2 Å². The van der Waals surface area contributed by atoms with Crippen LogP contribution in [-0.4, -0.2) is 19.3 Å². The van der Waals surface area contributed by atoms with E-state index in [1.807, 2.05) is 32.2 Å². The Kier molecular flexibility index (Phi) is 5.13. The Morgan fingerprint density at radius 2 is 2.00 bits per heavy atom. The average molecular weight is 302 g/mol. The summed E-state index contributed by atoms with van der Waals surface area (Å²) in [6, 6.07) is 5.89. The summed E-state index contributed by atoms with van der Waals surface area (Å²) in [6.07, 6.45) is 4.54. The van der Waals surface area contributed by atoms with Gasteiger partial charge < -0.3 is 10.1 Å². The van der Waals surface area contributed by atoms with Crippen LogP contribution in [0.4, 0.5) is 0 Å². The van der Waals surface area contributed by atoms with Crippen molar-refractivity contribution in [1.29, 1.82) is 0 Å². The topological polar surface area (TPSA) is 21.3 Å². The van der Waals surface area contributed by atoms with Gasteiger partial charge >= 0.3 is 0 Å². The molecule has 0 spiro atoms. The minimum absolute atomic E-state index is 0.0844. The highest BCUT2D eigenvalue weighted by Gasteiger charge is 2.43. The molecule has 0 heterocycles. The molecule has 0 amide bonds. The fraction of sp³-hybridized carbons (Fsp3) is 0.600. The van der Waals surface area contributed by atoms with Crippen molar-refractivity contribution in [3.8, 4) is 0 Å². The van der Waals surface area contributed by atoms with Gasteiger partial charge in [0.1, 0.15) is 0 Å². The number of rotatable bonds is 5. The first-order valence-corrected chi connectivity index (χ1v) is 7.65. The van der Waals surface area contributed by atoms with Crippen molar-refractivity contribution in [2.24, 2.45) is 0 Å². The van der Waals surface area contributed by atoms with E-state index in [1.54, 1.807) is 0 Å². The van der Waals surface area contributed by atoms with Gasteiger partial charge in [-0.2, -0.15) is 0 Å². The van der Waals surface area contributed by atoms with E-state index >= 15 is 0 Å². The molecule has 2 rings (SSSR count). The number of hydrogen-bond donors (Lipinski definition) is 1. The van der Waals surface area contributed by atoms with Gasteiger partial charge in [0.2, 0.25) is 0 Å². The van der Waals surface area contributed by atoms with E-state index in [4.69, 9.17) is 27.9 Å². The minimum Gasteiger partial charge on any atom is -0.373 e. The molecule has 106 valence electrons. The summed E-state index contributed by atoms with van der Waals surface area (Å²) >= 11 is 12.5. The van der Waals surface area contributed by atoms with Crippen LogP contribution in [0.1, 0.15) is 44.2 Å². The van der Waals surface area contributed by atoms with Crippen molar-refractivity contribution >= 4 is 23.2 Å². The third kappa shape index (κ3) is 2.92. The quantitative estimate of drug-likeness (QED) is 0.858. The summed E-state index contributed by atoms with van der Waals surface area (Å²) in [5.41, 5.74) is 0.879. The summed E-state index contributed by atoms with van der Waals surface area (Å²) in [7, 11) is 1.96. The molecule has 2 nitrogen and oxygen atoms in total. The smallest absolute Gasteiger partial charge is 0.0876 e. The lowest BCUT2D eigenvalue weighted by Gasteiger charge is -2.38. The van der Waals surface area contributed by atoms with Crippen LogP contribution in [0.25, 0.3) is 0 Å². The van der Waals surface area contributed by atoms with Gasteiger partial charge in [-0.3, -0.25) is 0 Å². The van der Waals surface area contributed by atoms with Crippen LogP contribution in [0.15, 0.2) is 18.2 Å². The third-order valence-electron chi connectivity index (χ3n) is 3.99. The van der Waals surface area contributed by atoms with Gasteiger partial charge in [-0.05, 0) is 38.4 Å².